The highest BCUT2D eigenvalue weighted by Crippen LogP contribution is 2.20. The van der Waals surface area contributed by atoms with E-state index in [0.29, 0.717) is 18.1 Å². The van der Waals surface area contributed by atoms with Crippen LogP contribution in [0.3, 0.4) is 0 Å². The first-order valence-corrected chi connectivity index (χ1v) is 8.20. The van der Waals surface area contributed by atoms with Gasteiger partial charge in [-0.15, -0.1) is 0 Å². The molecule has 0 aliphatic heterocycles. The second-order valence-electron chi connectivity index (χ2n) is 4.81. The molecular formula is C15H19N3O2S. The van der Waals surface area contributed by atoms with Crippen LogP contribution in [-0.4, -0.2) is 19.9 Å². The molecule has 2 rings (SSSR count). The molecule has 1 aromatic heterocycles. The molecule has 0 bridgehead atoms. The predicted octanol–water partition coefficient (Wildman–Crippen LogP) is 2.93. The number of anilines is 2. The number of nitrogens with one attached hydrogen (secondary N) is 2. The lowest BCUT2D eigenvalue weighted by Crippen LogP contribution is -2.14. The minimum absolute atomic E-state index is 0.187. The van der Waals surface area contributed by atoms with Gasteiger partial charge in [-0.3, -0.25) is 4.72 Å². The number of hydrogen-bond acceptors (Lipinski definition) is 4. The lowest BCUT2D eigenvalue weighted by atomic mass is 10.1. The van der Waals surface area contributed by atoms with Crippen molar-refractivity contribution >= 4 is 21.5 Å². The summed E-state index contributed by atoms with van der Waals surface area (Å²) in [7, 11) is -3.61. The number of benzene rings is 1. The SMILES string of the molecule is CCNc1cc(S(=O)(=O)Nc2ccc(C)c(C)c2)ccn1. The molecular weight excluding hydrogens is 286 g/mol. The van der Waals surface area contributed by atoms with Crippen molar-refractivity contribution in [1.29, 1.82) is 0 Å². The van der Waals surface area contributed by atoms with Crippen molar-refractivity contribution in [2.24, 2.45) is 0 Å². The minimum atomic E-state index is -3.61. The maximum Gasteiger partial charge on any atom is 0.262 e. The van der Waals surface area contributed by atoms with Gasteiger partial charge >= 0.3 is 0 Å². The zero-order valence-electron chi connectivity index (χ0n) is 12.3. The van der Waals surface area contributed by atoms with Gasteiger partial charge in [0.25, 0.3) is 10.0 Å². The summed E-state index contributed by atoms with van der Waals surface area (Å²) in [6.45, 7) is 6.54. The molecule has 0 aliphatic carbocycles. The Kier molecular flexibility index (Phi) is 4.47. The van der Waals surface area contributed by atoms with Gasteiger partial charge in [0.2, 0.25) is 0 Å². The number of aryl methyl sites for hydroxylation is 2. The molecule has 0 saturated carbocycles. The Hall–Kier alpha value is -2.08. The van der Waals surface area contributed by atoms with Crippen LogP contribution in [0.2, 0.25) is 0 Å². The Morgan fingerprint density at radius 1 is 1.10 bits per heavy atom. The second-order valence-corrected chi connectivity index (χ2v) is 6.49. The Morgan fingerprint density at radius 2 is 1.86 bits per heavy atom. The number of pyridine rings is 1. The maximum atomic E-state index is 12.4. The van der Waals surface area contributed by atoms with Crippen molar-refractivity contribution in [3.63, 3.8) is 0 Å². The summed E-state index contributed by atoms with van der Waals surface area (Å²) in [5, 5.41) is 3.00. The molecule has 0 aliphatic rings. The van der Waals surface area contributed by atoms with E-state index in [9.17, 15) is 8.42 Å². The molecule has 0 saturated heterocycles. The van der Waals surface area contributed by atoms with E-state index in [1.165, 1.54) is 18.3 Å². The number of hydrogen-bond donors (Lipinski definition) is 2. The summed E-state index contributed by atoms with van der Waals surface area (Å²) < 4.78 is 27.4. The number of rotatable bonds is 5. The largest absolute Gasteiger partial charge is 0.370 e. The Bertz CT molecular complexity index is 742. The molecule has 112 valence electrons. The number of aromatic nitrogens is 1. The van der Waals surface area contributed by atoms with E-state index in [4.69, 9.17) is 0 Å². The molecule has 0 fully saturated rings. The third-order valence-electron chi connectivity index (χ3n) is 3.16. The normalized spacial score (nSPS) is 11.2. The minimum Gasteiger partial charge on any atom is -0.370 e. The Labute approximate surface area is 125 Å². The zero-order chi connectivity index (χ0) is 15.5. The molecule has 1 heterocycles. The van der Waals surface area contributed by atoms with Gasteiger partial charge in [0.05, 0.1) is 4.90 Å². The number of sulfonamides is 1. The molecule has 0 radical (unpaired) electrons. The molecule has 2 aromatic rings. The molecule has 2 N–H and O–H groups in total. The smallest absolute Gasteiger partial charge is 0.262 e. The molecule has 5 nitrogen and oxygen atoms in total. The van der Waals surface area contributed by atoms with Gasteiger partial charge in [0.15, 0.2) is 0 Å². The standard InChI is InChI=1S/C15H19N3O2S/c1-4-16-15-10-14(7-8-17-15)21(19,20)18-13-6-5-11(2)12(3)9-13/h5-10,18H,4H2,1-3H3,(H,16,17). The first-order chi connectivity index (χ1) is 9.92. The van der Waals surface area contributed by atoms with Gasteiger partial charge in [0.1, 0.15) is 5.82 Å². The quantitative estimate of drug-likeness (QED) is 0.891. The molecule has 0 atom stereocenters. The van der Waals surface area contributed by atoms with E-state index >= 15 is 0 Å². The fourth-order valence-electron chi connectivity index (χ4n) is 1.88. The Balaban J connectivity index is 2.29. The van der Waals surface area contributed by atoms with Crippen LogP contribution in [0.1, 0.15) is 18.1 Å². The first kappa shape index (κ1) is 15.3. The van der Waals surface area contributed by atoms with Crippen molar-refractivity contribution in [2.75, 3.05) is 16.6 Å². The molecule has 0 unspecified atom stereocenters. The second kappa shape index (κ2) is 6.13. The van der Waals surface area contributed by atoms with Crippen molar-refractivity contribution in [3.05, 3.63) is 47.7 Å². The third kappa shape index (κ3) is 3.72. The van der Waals surface area contributed by atoms with Gasteiger partial charge < -0.3 is 5.32 Å². The van der Waals surface area contributed by atoms with Gasteiger partial charge in [-0.05, 0) is 50.1 Å². The van der Waals surface area contributed by atoms with E-state index < -0.39 is 10.0 Å². The molecule has 1 aromatic carbocycles. The van der Waals surface area contributed by atoms with Crippen LogP contribution in [-0.2, 0) is 10.0 Å². The third-order valence-corrected chi connectivity index (χ3v) is 4.54. The topological polar surface area (TPSA) is 71.1 Å². The van der Waals surface area contributed by atoms with Crippen molar-refractivity contribution in [2.45, 2.75) is 25.7 Å². The number of nitrogens with zero attached hydrogens (tertiary/aromatic N) is 1. The van der Waals surface area contributed by atoms with Crippen LogP contribution in [0.5, 0.6) is 0 Å². The summed E-state index contributed by atoms with van der Waals surface area (Å²) in [5.74, 6) is 0.542. The molecule has 6 heteroatoms. The fourth-order valence-corrected chi connectivity index (χ4v) is 2.94. The molecule has 0 amide bonds. The first-order valence-electron chi connectivity index (χ1n) is 6.72. The van der Waals surface area contributed by atoms with E-state index in [1.54, 1.807) is 6.07 Å². The lowest BCUT2D eigenvalue weighted by molar-refractivity contribution is 0.601. The van der Waals surface area contributed by atoms with Gasteiger partial charge in [-0.25, -0.2) is 13.4 Å². The van der Waals surface area contributed by atoms with E-state index in [-0.39, 0.29) is 4.90 Å². The summed E-state index contributed by atoms with van der Waals surface area (Å²) >= 11 is 0. The zero-order valence-corrected chi connectivity index (χ0v) is 13.2. The van der Waals surface area contributed by atoms with Crippen molar-refractivity contribution in [1.82, 2.24) is 4.98 Å². The summed E-state index contributed by atoms with van der Waals surface area (Å²) in [4.78, 5) is 4.26. The van der Waals surface area contributed by atoms with Crippen LogP contribution in [0, 0.1) is 13.8 Å². The van der Waals surface area contributed by atoms with Crippen LogP contribution in [0.25, 0.3) is 0 Å². The van der Waals surface area contributed by atoms with Crippen molar-refractivity contribution < 1.29 is 8.42 Å². The lowest BCUT2D eigenvalue weighted by Gasteiger charge is -2.11. The summed E-state index contributed by atoms with van der Waals surface area (Å²) in [6, 6.07) is 8.46. The fraction of sp³-hybridized carbons (Fsp3) is 0.267. The highest BCUT2D eigenvalue weighted by Gasteiger charge is 2.15. The Morgan fingerprint density at radius 3 is 2.52 bits per heavy atom. The van der Waals surface area contributed by atoms with Gasteiger partial charge in [-0.1, -0.05) is 6.07 Å². The van der Waals surface area contributed by atoms with E-state index in [2.05, 4.69) is 15.0 Å². The monoisotopic (exact) mass is 305 g/mol. The van der Waals surface area contributed by atoms with Crippen LogP contribution in [0.15, 0.2) is 41.4 Å². The van der Waals surface area contributed by atoms with Gasteiger partial charge in [-0.2, -0.15) is 0 Å². The van der Waals surface area contributed by atoms with Crippen LogP contribution >= 0.6 is 0 Å². The summed E-state index contributed by atoms with van der Waals surface area (Å²) in [6.07, 6.45) is 1.48. The van der Waals surface area contributed by atoms with Crippen LogP contribution < -0.4 is 10.0 Å². The maximum absolute atomic E-state index is 12.4. The highest BCUT2D eigenvalue weighted by atomic mass is 32.2. The molecule has 0 spiro atoms. The highest BCUT2D eigenvalue weighted by molar-refractivity contribution is 7.92. The van der Waals surface area contributed by atoms with E-state index in [1.807, 2.05) is 32.9 Å². The molecule has 21 heavy (non-hydrogen) atoms. The van der Waals surface area contributed by atoms with Gasteiger partial charge in [0, 0.05) is 24.5 Å². The van der Waals surface area contributed by atoms with E-state index in [0.717, 1.165) is 11.1 Å². The van der Waals surface area contributed by atoms with Crippen molar-refractivity contribution in [3.8, 4) is 0 Å². The van der Waals surface area contributed by atoms with Crippen LogP contribution in [0.4, 0.5) is 11.5 Å². The average molecular weight is 305 g/mol. The predicted molar refractivity (Wildman–Crippen MR) is 85.1 cm³/mol. The summed E-state index contributed by atoms with van der Waals surface area (Å²) in [5.41, 5.74) is 2.72. The average Bonchev–Trinajstić information content (AvgIpc) is 2.43.